The van der Waals surface area contributed by atoms with Crippen LogP contribution in [0.25, 0.3) is 0 Å². The first-order chi connectivity index (χ1) is 25.1. The van der Waals surface area contributed by atoms with Crippen LogP contribution in [0.1, 0.15) is 85.5 Å². The third-order valence-corrected chi connectivity index (χ3v) is 15.1. The van der Waals surface area contributed by atoms with Crippen molar-refractivity contribution in [1.82, 2.24) is 24.9 Å². The van der Waals surface area contributed by atoms with Crippen LogP contribution >= 0.6 is 0 Å². The molecule has 4 aliphatic carbocycles. The van der Waals surface area contributed by atoms with Gasteiger partial charge >= 0.3 is 11.9 Å². The highest BCUT2D eigenvalue weighted by Gasteiger charge is 2.65. The number of fused-ring (bicyclic) bond motifs is 5. The Morgan fingerprint density at radius 1 is 0.755 bits per heavy atom. The third-order valence-electron chi connectivity index (χ3n) is 15.1. The number of nitrogens with one attached hydrogen (secondary N) is 1. The number of aliphatic hydroxyl groups is 3. The quantitative estimate of drug-likeness (QED) is 0.160. The number of nitrogens with zero attached hydrogens (tertiary/aromatic N) is 4. The Labute approximate surface area is 317 Å². The molecule has 304 valence electrons. The van der Waals surface area contributed by atoms with Crippen LogP contribution in [0.3, 0.4) is 0 Å². The highest BCUT2D eigenvalue weighted by atomic mass is 16.4. The van der Waals surface area contributed by atoms with Crippen LogP contribution in [0, 0.1) is 46.3 Å². The molecule has 0 bridgehead atoms. The van der Waals surface area contributed by atoms with Crippen molar-refractivity contribution in [3.05, 3.63) is 0 Å². The zero-order valence-electron chi connectivity index (χ0n) is 33.0. The number of likely N-dealkylation sites (N-methyl/N-ethyl adjacent to an activating group) is 1. The van der Waals surface area contributed by atoms with Gasteiger partial charge in [0, 0.05) is 58.9 Å². The number of amides is 1. The SMILES string of the molecule is CCN1CCN(CC(=O)O)CCN(CC(=O)O)CCN(CC(=O)NCCC[C@@H](C)[C@H]2CC[C@H]3[C@@H]4[C@H](O)C[C@@H]5C[C@H](O)CC[C@]5(C)[C@H]4C[C@H](O)[C@]23C)CC1. The maximum atomic E-state index is 13.2. The number of aliphatic hydroxyl groups excluding tert-OH is 3. The maximum Gasteiger partial charge on any atom is 0.317 e. The van der Waals surface area contributed by atoms with Gasteiger partial charge in [-0.2, -0.15) is 0 Å². The van der Waals surface area contributed by atoms with E-state index in [2.05, 4.69) is 42.8 Å². The van der Waals surface area contributed by atoms with E-state index in [4.69, 9.17) is 0 Å². The Kier molecular flexibility index (Phi) is 14.7. The van der Waals surface area contributed by atoms with Gasteiger partial charge < -0.3 is 35.7 Å². The Morgan fingerprint density at radius 3 is 1.89 bits per heavy atom. The molecule has 6 N–H and O–H groups in total. The summed E-state index contributed by atoms with van der Waals surface area (Å²) >= 11 is 0. The molecule has 5 fully saturated rings. The molecule has 5 rings (SSSR count). The molecule has 1 aliphatic heterocycles. The van der Waals surface area contributed by atoms with E-state index in [1.54, 1.807) is 0 Å². The summed E-state index contributed by atoms with van der Waals surface area (Å²) in [6.07, 6.45) is 6.90. The van der Waals surface area contributed by atoms with E-state index >= 15 is 0 Å². The average molecular weight is 750 g/mol. The van der Waals surface area contributed by atoms with Crippen LogP contribution in [-0.4, -0.2) is 166 Å². The predicted molar refractivity (Wildman–Crippen MR) is 202 cm³/mol. The fourth-order valence-corrected chi connectivity index (χ4v) is 12.0. The highest BCUT2D eigenvalue weighted by Crippen LogP contribution is 2.68. The molecule has 13 nitrogen and oxygen atoms in total. The van der Waals surface area contributed by atoms with Gasteiger partial charge in [-0.25, -0.2) is 0 Å². The number of hydrogen-bond donors (Lipinski definition) is 6. The predicted octanol–water partition coefficient (Wildman–Crippen LogP) is 1.89. The second kappa shape index (κ2) is 18.4. The highest BCUT2D eigenvalue weighted by molar-refractivity contribution is 5.78. The fourth-order valence-electron chi connectivity index (χ4n) is 12.0. The van der Waals surface area contributed by atoms with E-state index in [9.17, 15) is 39.9 Å². The van der Waals surface area contributed by atoms with E-state index < -0.39 is 18.0 Å². The van der Waals surface area contributed by atoms with E-state index in [1.165, 1.54) is 0 Å². The second-order valence-corrected chi connectivity index (χ2v) is 18.0. The monoisotopic (exact) mass is 750 g/mol. The molecule has 0 aromatic rings. The van der Waals surface area contributed by atoms with Crippen molar-refractivity contribution in [3.8, 4) is 0 Å². The Morgan fingerprint density at radius 2 is 1.32 bits per heavy atom. The summed E-state index contributed by atoms with van der Waals surface area (Å²) in [6, 6.07) is 0. The molecule has 0 aromatic heterocycles. The minimum Gasteiger partial charge on any atom is -0.480 e. The van der Waals surface area contributed by atoms with E-state index in [1.807, 2.05) is 9.80 Å². The number of carboxylic acid groups (broad SMARTS) is 2. The Bertz CT molecular complexity index is 1240. The van der Waals surface area contributed by atoms with Crippen LogP contribution < -0.4 is 5.32 Å². The van der Waals surface area contributed by atoms with Gasteiger partial charge in [-0.05, 0) is 111 Å². The van der Waals surface area contributed by atoms with E-state index in [0.29, 0.717) is 76.0 Å². The van der Waals surface area contributed by atoms with Crippen molar-refractivity contribution in [2.45, 2.75) is 104 Å². The molecular weight excluding hydrogens is 678 g/mol. The molecule has 0 radical (unpaired) electrons. The van der Waals surface area contributed by atoms with Crippen LogP contribution in [0.4, 0.5) is 0 Å². The largest absolute Gasteiger partial charge is 0.480 e. The molecule has 11 atom stereocenters. The summed E-state index contributed by atoms with van der Waals surface area (Å²) in [6.45, 7) is 15.0. The molecular formula is C40H71N5O8. The summed E-state index contributed by atoms with van der Waals surface area (Å²) in [7, 11) is 0. The number of rotatable bonds is 12. The zero-order chi connectivity index (χ0) is 38.5. The number of carbonyl (C=O) groups excluding carboxylic acids is 1. The van der Waals surface area contributed by atoms with E-state index in [-0.39, 0.29) is 60.4 Å². The van der Waals surface area contributed by atoms with Crippen molar-refractivity contribution in [2.75, 3.05) is 85.1 Å². The molecule has 13 heteroatoms. The van der Waals surface area contributed by atoms with Crippen molar-refractivity contribution >= 4 is 17.8 Å². The second-order valence-electron chi connectivity index (χ2n) is 18.0. The number of hydrogen-bond acceptors (Lipinski definition) is 10. The van der Waals surface area contributed by atoms with Gasteiger partial charge in [0.15, 0.2) is 0 Å². The number of carbonyl (C=O) groups is 3. The first-order valence-electron chi connectivity index (χ1n) is 20.8. The first-order valence-corrected chi connectivity index (χ1v) is 20.8. The van der Waals surface area contributed by atoms with Crippen LogP contribution in [0.15, 0.2) is 0 Å². The van der Waals surface area contributed by atoms with Gasteiger partial charge in [-0.3, -0.25) is 29.1 Å². The average Bonchev–Trinajstić information content (AvgIpc) is 3.45. The molecule has 1 saturated heterocycles. The van der Waals surface area contributed by atoms with Gasteiger partial charge in [-0.1, -0.05) is 27.7 Å². The molecule has 0 unspecified atom stereocenters. The minimum atomic E-state index is -0.929. The normalized spacial score (nSPS) is 38.8. The minimum absolute atomic E-state index is 0.0415. The maximum absolute atomic E-state index is 13.2. The smallest absolute Gasteiger partial charge is 0.317 e. The van der Waals surface area contributed by atoms with Crippen LogP contribution in [-0.2, 0) is 14.4 Å². The molecule has 4 saturated carbocycles. The summed E-state index contributed by atoms with van der Waals surface area (Å²) < 4.78 is 0. The molecule has 1 heterocycles. The van der Waals surface area contributed by atoms with Crippen LogP contribution in [0.5, 0.6) is 0 Å². The summed E-state index contributed by atoms with van der Waals surface area (Å²) in [5.41, 5.74) is -0.172. The molecule has 0 spiro atoms. The molecule has 53 heavy (non-hydrogen) atoms. The third kappa shape index (κ3) is 9.93. The lowest BCUT2D eigenvalue weighted by atomic mass is 9.43. The molecule has 5 aliphatic rings. The standard InChI is InChI=1S/C40H71N5O8/c1-5-42-13-15-43(17-18-45(26-37(52)53)20-19-44(16-14-42)25-36(50)51)24-35(49)41-12-6-7-27(2)30-8-9-31-38-32(23-34(48)40(30,31)4)39(3)11-10-29(46)21-28(39)22-33(38)47/h27-34,38,46-48H,5-26H2,1-4H3,(H,41,49)(H,50,51)(H,52,53)/t27-,28+,29-,30-,31+,32+,33-,34+,38+,39+,40-/m1/s1. The van der Waals surface area contributed by atoms with Crippen LogP contribution in [0.2, 0.25) is 0 Å². The number of carboxylic acids is 2. The lowest BCUT2D eigenvalue weighted by molar-refractivity contribution is -0.207. The van der Waals surface area contributed by atoms with Crippen molar-refractivity contribution in [1.29, 1.82) is 0 Å². The van der Waals surface area contributed by atoms with E-state index in [0.717, 1.165) is 70.9 Å². The topological polar surface area (TPSA) is 177 Å². The molecule has 0 aromatic carbocycles. The zero-order valence-corrected chi connectivity index (χ0v) is 33.0. The van der Waals surface area contributed by atoms with Crippen molar-refractivity contribution in [3.63, 3.8) is 0 Å². The van der Waals surface area contributed by atoms with Gasteiger partial charge in [0.2, 0.25) is 5.91 Å². The van der Waals surface area contributed by atoms with Gasteiger partial charge in [0.05, 0.1) is 37.9 Å². The molecule has 1 amide bonds. The summed E-state index contributed by atoms with van der Waals surface area (Å²) in [5, 5.41) is 56.0. The lowest BCUT2D eigenvalue weighted by Gasteiger charge is -2.63. The number of aliphatic carboxylic acids is 2. The Balaban J connectivity index is 1.12. The lowest BCUT2D eigenvalue weighted by Crippen LogP contribution is -2.62. The van der Waals surface area contributed by atoms with Crippen molar-refractivity contribution < 1.29 is 39.9 Å². The first kappa shape index (κ1) is 42.3. The van der Waals surface area contributed by atoms with Gasteiger partial charge in [-0.15, -0.1) is 0 Å². The fraction of sp³-hybridized carbons (Fsp3) is 0.925. The van der Waals surface area contributed by atoms with Crippen molar-refractivity contribution in [2.24, 2.45) is 46.3 Å². The van der Waals surface area contributed by atoms with Gasteiger partial charge in [0.1, 0.15) is 0 Å². The summed E-state index contributed by atoms with van der Waals surface area (Å²) in [4.78, 5) is 44.3. The Hall–Kier alpha value is -1.87. The summed E-state index contributed by atoms with van der Waals surface area (Å²) in [5.74, 6) is -0.0276. The van der Waals surface area contributed by atoms with Gasteiger partial charge in [0.25, 0.3) is 0 Å².